The van der Waals surface area contributed by atoms with E-state index in [1.165, 1.54) is 0 Å². The Hall–Kier alpha value is -3.68. The van der Waals surface area contributed by atoms with Gasteiger partial charge in [0.15, 0.2) is 5.82 Å². The fourth-order valence-electron chi connectivity index (χ4n) is 3.79. The normalized spacial score (nSPS) is 14.4. The number of aryl methyl sites for hydroxylation is 1. The number of benzene rings is 2. The number of H-pyrrole nitrogens is 1. The van der Waals surface area contributed by atoms with Gasteiger partial charge in [0.05, 0.1) is 0 Å². The van der Waals surface area contributed by atoms with E-state index in [0.29, 0.717) is 49.4 Å². The summed E-state index contributed by atoms with van der Waals surface area (Å²) in [5.41, 5.74) is 2.41. The Labute approximate surface area is 179 Å². The second-order valence-corrected chi connectivity index (χ2v) is 7.65. The van der Waals surface area contributed by atoms with Crippen LogP contribution in [-0.4, -0.2) is 39.9 Å². The van der Waals surface area contributed by atoms with Crippen LogP contribution in [0.4, 0.5) is 5.69 Å². The number of nitrogens with one attached hydrogen (secondary N) is 2. The highest BCUT2D eigenvalue weighted by Gasteiger charge is 2.27. The summed E-state index contributed by atoms with van der Waals surface area (Å²) in [7, 11) is 0. The van der Waals surface area contributed by atoms with Gasteiger partial charge >= 0.3 is 5.76 Å². The lowest BCUT2D eigenvalue weighted by Gasteiger charge is -2.31. The van der Waals surface area contributed by atoms with Gasteiger partial charge in [-0.05, 0) is 37.0 Å². The fourth-order valence-corrected chi connectivity index (χ4v) is 3.79. The van der Waals surface area contributed by atoms with Crippen molar-refractivity contribution >= 4 is 17.5 Å². The molecule has 1 fully saturated rings. The van der Waals surface area contributed by atoms with Gasteiger partial charge in [0.2, 0.25) is 11.8 Å². The minimum Gasteiger partial charge on any atom is -0.343 e. The van der Waals surface area contributed by atoms with Crippen LogP contribution in [0, 0.1) is 5.92 Å². The van der Waals surface area contributed by atoms with Crippen LogP contribution in [0.5, 0.6) is 0 Å². The molecule has 0 bridgehead atoms. The summed E-state index contributed by atoms with van der Waals surface area (Å²) in [4.78, 5) is 40.7. The SMILES string of the molecule is O=C(Nc1cccc(-c2noc(=O)[nH]2)c1)C1CCN(C(=O)CCc2ccccc2)CC1. The van der Waals surface area contributed by atoms with Crippen LogP contribution in [0.2, 0.25) is 0 Å². The third-order valence-corrected chi connectivity index (χ3v) is 5.53. The molecule has 4 rings (SSSR count). The number of aromatic amines is 1. The Morgan fingerprint density at radius 2 is 1.87 bits per heavy atom. The molecule has 8 heteroatoms. The molecule has 8 nitrogen and oxygen atoms in total. The molecule has 3 aromatic rings. The van der Waals surface area contributed by atoms with E-state index in [0.717, 1.165) is 12.0 Å². The van der Waals surface area contributed by atoms with Crippen LogP contribution < -0.4 is 11.1 Å². The summed E-state index contributed by atoms with van der Waals surface area (Å²) in [5.74, 6) is -0.397. The van der Waals surface area contributed by atoms with Crippen molar-refractivity contribution in [3.63, 3.8) is 0 Å². The summed E-state index contributed by atoms with van der Waals surface area (Å²) in [5, 5.41) is 6.59. The van der Waals surface area contributed by atoms with Gasteiger partial charge in [-0.25, -0.2) is 4.79 Å². The quantitative estimate of drug-likeness (QED) is 0.637. The predicted octanol–water partition coefficient (Wildman–Crippen LogP) is 2.84. The van der Waals surface area contributed by atoms with Crippen LogP contribution in [0.3, 0.4) is 0 Å². The Kier molecular flexibility index (Phi) is 6.26. The minimum absolute atomic E-state index is 0.0674. The summed E-state index contributed by atoms with van der Waals surface area (Å²) in [6.45, 7) is 1.18. The third-order valence-electron chi connectivity index (χ3n) is 5.53. The molecule has 1 aliphatic heterocycles. The van der Waals surface area contributed by atoms with Gasteiger partial charge in [-0.15, -0.1) is 0 Å². The Balaban J connectivity index is 1.27. The van der Waals surface area contributed by atoms with Gasteiger partial charge in [0, 0.05) is 36.7 Å². The zero-order valence-corrected chi connectivity index (χ0v) is 17.0. The van der Waals surface area contributed by atoms with Gasteiger partial charge in [-0.1, -0.05) is 47.6 Å². The Morgan fingerprint density at radius 3 is 2.58 bits per heavy atom. The standard InChI is InChI=1S/C23H24N4O4/c28-20(10-9-16-5-2-1-3-6-16)27-13-11-17(12-14-27)22(29)24-19-8-4-7-18(15-19)21-25-23(30)31-26-21/h1-8,15,17H,9-14H2,(H,24,29)(H,25,26,30). The fraction of sp³-hybridized carbons (Fsp3) is 0.304. The van der Waals surface area contributed by atoms with E-state index < -0.39 is 5.76 Å². The smallest absolute Gasteiger partial charge is 0.343 e. The number of hydrogen-bond acceptors (Lipinski definition) is 5. The van der Waals surface area contributed by atoms with Crippen molar-refractivity contribution in [2.75, 3.05) is 18.4 Å². The molecular weight excluding hydrogens is 396 g/mol. The Morgan fingerprint density at radius 1 is 1.10 bits per heavy atom. The van der Waals surface area contributed by atoms with E-state index in [1.54, 1.807) is 24.3 Å². The lowest BCUT2D eigenvalue weighted by Crippen LogP contribution is -2.41. The molecule has 2 N–H and O–H groups in total. The van der Waals surface area contributed by atoms with E-state index in [2.05, 4.69) is 20.0 Å². The lowest BCUT2D eigenvalue weighted by atomic mass is 9.95. The Bertz CT molecular complexity index is 1100. The molecule has 0 aliphatic carbocycles. The van der Waals surface area contributed by atoms with Crippen molar-refractivity contribution in [1.29, 1.82) is 0 Å². The monoisotopic (exact) mass is 420 g/mol. The van der Waals surface area contributed by atoms with Crippen molar-refractivity contribution in [3.8, 4) is 11.4 Å². The molecule has 1 saturated heterocycles. The third kappa shape index (κ3) is 5.28. The summed E-state index contributed by atoms with van der Waals surface area (Å²) in [6.07, 6.45) is 2.49. The maximum Gasteiger partial charge on any atom is 0.439 e. The molecule has 2 amide bonds. The minimum atomic E-state index is -0.630. The van der Waals surface area contributed by atoms with E-state index in [1.807, 2.05) is 35.2 Å². The van der Waals surface area contributed by atoms with Crippen LogP contribution >= 0.6 is 0 Å². The highest BCUT2D eigenvalue weighted by atomic mass is 16.5. The van der Waals surface area contributed by atoms with Crippen molar-refractivity contribution in [3.05, 3.63) is 70.7 Å². The van der Waals surface area contributed by atoms with Crippen molar-refractivity contribution in [2.24, 2.45) is 5.92 Å². The second kappa shape index (κ2) is 9.42. The first kappa shape index (κ1) is 20.6. The van der Waals surface area contributed by atoms with Gasteiger partial charge < -0.3 is 10.2 Å². The molecular formula is C23H24N4O4. The first-order valence-corrected chi connectivity index (χ1v) is 10.4. The predicted molar refractivity (Wildman–Crippen MR) is 115 cm³/mol. The van der Waals surface area contributed by atoms with Gasteiger partial charge in [-0.3, -0.25) is 19.1 Å². The zero-order valence-electron chi connectivity index (χ0n) is 17.0. The van der Waals surface area contributed by atoms with E-state index >= 15 is 0 Å². The highest BCUT2D eigenvalue weighted by Crippen LogP contribution is 2.23. The summed E-state index contributed by atoms with van der Waals surface area (Å²) < 4.78 is 4.53. The maximum atomic E-state index is 12.7. The zero-order chi connectivity index (χ0) is 21.6. The molecule has 0 saturated carbocycles. The molecule has 0 spiro atoms. The van der Waals surface area contributed by atoms with Gasteiger partial charge in [-0.2, -0.15) is 0 Å². The highest BCUT2D eigenvalue weighted by molar-refractivity contribution is 5.93. The van der Waals surface area contributed by atoms with Crippen LogP contribution in [0.25, 0.3) is 11.4 Å². The summed E-state index contributed by atoms with van der Waals surface area (Å²) >= 11 is 0. The molecule has 160 valence electrons. The molecule has 31 heavy (non-hydrogen) atoms. The molecule has 0 radical (unpaired) electrons. The molecule has 2 heterocycles. The number of amides is 2. The number of carbonyl (C=O) groups excluding carboxylic acids is 2. The topological polar surface area (TPSA) is 108 Å². The average Bonchev–Trinajstić information content (AvgIpc) is 3.25. The van der Waals surface area contributed by atoms with Crippen molar-refractivity contribution < 1.29 is 14.1 Å². The molecule has 2 aromatic carbocycles. The molecule has 1 aromatic heterocycles. The number of anilines is 1. The first-order chi connectivity index (χ1) is 15.1. The number of aromatic nitrogens is 2. The average molecular weight is 420 g/mol. The lowest BCUT2D eigenvalue weighted by molar-refractivity contribution is -0.134. The number of hydrogen-bond donors (Lipinski definition) is 2. The number of piperidine rings is 1. The second-order valence-electron chi connectivity index (χ2n) is 7.65. The number of likely N-dealkylation sites (tertiary alicyclic amines) is 1. The first-order valence-electron chi connectivity index (χ1n) is 10.4. The largest absolute Gasteiger partial charge is 0.439 e. The molecule has 0 atom stereocenters. The van der Waals surface area contributed by atoms with Crippen LogP contribution in [-0.2, 0) is 16.0 Å². The van der Waals surface area contributed by atoms with Crippen molar-refractivity contribution in [1.82, 2.24) is 15.0 Å². The summed E-state index contributed by atoms with van der Waals surface area (Å²) in [6, 6.07) is 17.0. The van der Waals surface area contributed by atoms with Crippen molar-refractivity contribution in [2.45, 2.75) is 25.7 Å². The number of carbonyl (C=O) groups is 2. The maximum absolute atomic E-state index is 12.7. The van der Waals surface area contributed by atoms with E-state index in [9.17, 15) is 14.4 Å². The number of nitrogens with zero attached hydrogens (tertiary/aromatic N) is 2. The van der Waals surface area contributed by atoms with Crippen LogP contribution in [0.1, 0.15) is 24.8 Å². The molecule has 1 aliphatic rings. The van der Waals surface area contributed by atoms with E-state index in [4.69, 9.17) is 0 Å². The van der Waals surface area contributed by atoms with Gasteiger partial charge in [0.1, 0.15) is 0 Å². The van der Waals surface area contributed by atoms with Gasteiger partial charge in [0.25, 0.3) is 0 Å². The number of rotatable bonds is 6. The van der Waals surface area contributed by atoms with Crippen LogP contribution in [0.15, 0.2) is 63.9 Å². The van der Waals surface area contributed by atoms with E-state index in [-0.39, 0.29) is 17.7 Å². The molecule has 0 unspecified atom stereocenters.